The molecule has 0 unspecified atom stereocenters. The van der Waals surface area contributed by atoms with Gasteiger partial charge in [-0.1, -0.05) is 36.4 Å². The van der Waals surface area contributed by atoms with Crippen molar-refractivity contribution >= 4 is 26.4 Å². The molecule has 0 fully saturated rings. The molecule has 2 aromatic heterocycles. The van der Waals surface area contributed by atoms with E-state index in [0.29, 0.717) is 22.6 Å². The predicted octanol–water partition coefficient (Wildman–Crippen LogP) is 3.64. The van der Waals surface area contributed by atoms with Gasteiger partial charge in [0.15, 0.2) is 11.5 Å². The third-order valence-corrected chi connectivity index (χ3v) is 6.52. The van der Waals surface area contributed by atoms with Gasteiger partial charge in [0, 0.05) is 21.9 Å². The fourth-order valence-electron chi connectivity index (χ4n) is 3.41. The van der Waals surface area contributed by atoms with Gasteiger partial charge in [0.05, 0.1) is 10.6 Å². The van der Waals surface area contributed by atoms with E-state index in [1.807, 2.05) is 58.0 Å². The van der Waals surface area contributed by atoms with Gasteiger partial charge < -0.3 is 0 Å². The van der Waals surface area contributed by atoms with Crippen LogP contribution < -0.4 is 4.72 Å². The number of sulfonamides is 1. The summed E-state index contributed by atoms with van der Waals surface area (Å²) in [4.78, 5) is 0.221. The molecule has 0 saturated carbocycles. The Labute approximate surface area is 169 Å². The van der Waals surface area contributed by atoms with Gasteiger partial charge in [-0.3, -0.25) is 0 Å². The monoisotopic (exact) mass is 409 g/mol. The molecule has 4 aromatic rings. The largest absolute Gasteiger partial charge is 0.241 e. The number of aromatic nitrogens is 4. The van der Waals surface area contributed by atoms with Gasteiger partial charge in [0.25, 0.3) is 0 Å². The van der Waals surface area contributed by atoms with E-state index in [2.05, 4.69) is 20.0 Å². The summed E-state index contributed by atoms with van der Waals surface area (Å²) >= 11 is 0. The average molecular weight is 410 g/mol. The SMILES string of the molecule is Cc1ccc(-c2nnc3c4ccccc4c(C)nn23)cc1S(=O)(=O)NC(C)(C)C. The van der Waals surface area contributed by atoms with Crippen LogP contribution in [0, 0.1) is 13.8 Å². The maximum atomic E-state index is 12.9. The molecule has 150 valence electrons. The molecule has 29 heavy (non-hydrogen) atoms. The first kappa shape index (κ1) is 19.5. The standard InChI is InChI=1S/C21H23N5O2S/c1-13-10-11-15(12-18(13)29(27,28)25-21(3,4)5)19-22-23-20-17-9-7-6-8-16(17)14(2)24-26(19)20/h6-12,25H,1-5H3. The number of fused-ring (bicyclic) bond motifs is 3. The third kappa shape index (κ3) is 3.49. The van der Waals surface area contributed by atoms with E-state index < -0.39 is 15.6 Å². The summed E-state index contributed by atoms with van der Waals surface area (Å²) in [6.45, 7) is 9.15. The summed E-state index contributed by atoms with van der Waals surface area (Å²) in [5, 5.41) is 15.2. The zero-order valence-corrected chi connectivity index (χ0v) is 17.9. The zero-order chi connectivity index (χ0) is 21.0. The second kappa shape index (κ2) is 6.60. The molecule has 0 bridgehead atoms. The Kier molecular flexibility index (Phi) is 4.43. The van der Waals surface area contributed by atoms with E-state index in [1.54, 1.807) is 23.6 Å². The van der Waals surface area contributed by atoms with E-state index in [1.165, 1.54) is 0 Å². The second-order valence-electron chi connectivity index (χ2n) is 8.23. The van der Waals surface area contributed by atoms with Gasteiger partial charge in [-0.15, -0.1) is 10.2 Å². The first-order valence-electron chi connectivity index (χ1n) is 9.32. The third-order valence-electron chi connectivity index (χ3n) is 4.62. The lowest BCUT2D eigenvalue weighted by Gasteiger charge is -2.21. The van der Waals surface area contributed by atoms with Crippen molar-refractivity contribution in [3.63, 3.8) is 0 Å². The van der Waals surface area contributed by atoms with Gasteiger partial charge in [0.2, 0.25) is 10.0 Å². The Bertz CT molecular complexity index is 1350. The summed E-state index contributed by atoms with van der Waals surface area (Å²) in [5.74, 6) is 0.501. The van der Waals surface area contributed by atoms with E-state index in [4.69, 9.17) is 0 Å². The summed E-state index contributed by atoms with van der Waals surface area (Å²) in [6, 6.07) is 13.1. The normalized spacial score (nSPS) is 12.7. The van der Waals surface area contributed by atoms with Crippen LogP contribution in [0.25, 0.3) is 27.8 Å². The summed E-state index contributed by atoms with van der Waals surface area (Å²) in [5.41, 5.74) is 2.21. The molecule has 4 rings (SSSR count). The summed E-state index contributed by atoms with van der Waals surface area (Å²) in [7, 11) is -3.69. The van der Waals surface area contributed by atoms with E-state index in [9.17, 15) is 8.42 Å². The average Bonchev–Trinajstić information content (AvgIpc) is 3.04. The zero-order valence-electron chi connectivity index (χ0n) is 17.1. The first-order valence-corrected chi connectivity index (χ1v) is 10.8. The van der Waals surface area contributed by atoms with E-state index in [0.717, 1.165) is 16.5 Å². The number of aryl methyl sites for hydroxylation is 2. The van der Waals surface area contributed by atoms with Crippen molar-refractivity contribution in [1.29, 1.82) is 0 Å². The van der Waals surface area contributed by atoms with Gasteiger partial charge in [0.1, 0.15) is 0 Å². The summed E-state index contributed by atoms with van der Waals surface area (Å²) < 4.78 is 30.2. The minimum Gasteiger partial charge on any atom is -0.207 e. The van der Waals surface area contributed by atoms with Crippen LogP contribution in [0.3, 0.4) is 0 Å². The van der Waals surface area contributed by atoms with Crippen LogP contribution >= 0.6 is 0 Å². The van der Waals surface area contributed by atoms with Crippen LogP contribution in [-0.4, -0.2) is 33.8 Å². The number of benzene rings is 2. The molecule has 2 heterocycles. The number of hydrogen-bond donors (Lipinski definition) is 1. The van der Waals surface area contributed by atoms with Gasteiger partial charge in [-0.05, 0) is 46.2 Å². The maximum absolute atomic E-state index is 12.9. The topological polar surface area (TPSA) is 89.2 Å². The molecule has 0 amide bonds. The molecule has 7 nitrogen and oxygen atoms in total. The molecule has 2 aromatic carbocycles. The van der Waals surface area contributed by atoms with Crippen LogP contribution in [0.15, 0.2) is 47.4 Å². The number of rotatable bonds is 3. The lowest BCUT2D eigenvalue weighted by Crippen LogP contribution is -2.40. The Morgan fingerprint density at radius 2 is 1.66 bits per heavy atom. The van der Waals surface area contributed by atoms with Crippen LogP contribution in [0.4, 0.5) is 0 Å². The van der Waals surface area contributed by atoms with Crippen molar-refractivity contribution < 1.29 is 8.42 Å². The predicted molar refractivity (Wildman–Crippen MR) is 113 cm³/mol. The Balaban J connectivity index is 1.92. The molecule has 0 aliphatic rings. The maximum Gasteiger partial charge on any atom is 0.241 e. The molecular formula is C21H23N5O2S. The fraction of sp³-hybridized carbons (Fsp3) is 0.286. The number of nitrogens with zero attached hydrogens (tertiary/aromatic N) is 4. The van der Waals surface area contributed by atoms with E-state index in [-0.39, 0.29) is 4.90 Å². The quantitative estimate of drug-likeness (QED) is 0.558. The molecular weight excluding hydrogens is 386 g/mol. The van der Waals surface area contributed by atoms with E-state index >= 15 is 0 Å². The van der Waals surface area contributed by atoms with Gasteiger partial charge in [-0.2, -0.15) is 9.61 Å². The molecule has 0 radical (unpaired) electrons. The first-order chi connectivity index (χ1) is 13.6. The molecule has 0 aliphatic heterocycles. The minimum atomic E-state index is -3.69. The van der Waals surface area contributed by atoms with Crippen LogP contribution in [0.1, 0.15) is 32.0 Å². The van der Waals surface area contributed by atoms with Crippen molar-refractivity contribution in [3.8, 4) is 11.4 Å². The number of hydrogen-bond acceptors (Lipinski definition) is 5. The smallest absolute Gasteiger partial charge is 0.207 e. The van der Waals surface area contributed by atoms with Crippen LogP contribution in [0.5, 0.6) is 0 Å². The highest BCUT2D eigenvalue weighted by Crippen LogP contribution is 2.27. The highest BCUT2D eigenvalue weighted by molar-refractivity contribution is 7.89. The molecule has 0 saturated heterocycles. The van der Waals surface area contributed by atoms with Crippen molar-refractivity contribution in [2.45, 2.75) is 45.1 Å². The number of nitrogens with one attached hydrogen (secondary N) is 1. The van der Waals surface area contributed by atoms with Gasteiger partial charge in [-0.25, -0.2) is 13.1 Å². The summed E-state index contributed by atoms with van der Waals surface area (Å²) in [6.07, 6.45) is 0. The Morgan fingerprint density at radius 1 is 0.966 bits per heavy atom. The van der Waals surface area contributed by atoms with Crippen LogP contribution in [0.2, 0.25) is 0 Å². The fourth-order valence-corrected chi connectivity index (χ4v) is 5.10. The minimum absolute atomic E-state index is 0.221. The van der Waals surface area contributed by atoms with Gasteiger partial charge >= 0.3 is 0 Å². The highest BCUT2D eigenvalue weighted by atomic mass is 32.2. The van der Waals surface area contributed by atoms with Crippen molar-refractivity contribution in [2.75, 3.05) is 0 Å². The lowest BCUT2D eigenvalue weighted by atomic mass is 10.1. The second-order valence-corrected chi connectivity index (χ2v) is 9.88. The molecule has 0 atom stereocenters. The Morgan fingerprint density at radius 3 is 2.34 bits per heavy atom. The Hall–Kier alpha value is -2.84. The van der Waals surface area contributed by atoms with Crippen molar-refractivity contribution in [3.05, 3.63) is 53.7 Å². The molecule has 0 aliphatic carbocycles. The molecule has 8 heteroatoms. The van der Waals surface area contributed by atoms with Crippen molar-refractivity contribution in [2.24, 2.45) is 0 Å². The van der Waals surface area contributed by atoms with Crippen molar-refractivity contribution in [1.82, 2.24) is 24.5 Å². The lowest BCUT2D eigenvalue weighted by molar-refractivity contribution is 0.491. The molecule has 0 spiro atoms. The highest BCUT2D eigenvalue weighted by Gasteiger charge is 2.25. The molecule has 1 N–H and O–H groups in total. The van der Waals surface area contributed by atoms with Crippen LogP contribution in [-0.2, 0) is 10.0 Å².